The first-order valence-electron chi connectivity index (χ1n) is 5.95. The van der Waals surface area contributed by atoms with Crippen molar-refractivity contribution in [3.05, 3.63) is 65.2 Å². The van der Waals surface area contributed by atoms with Crippen molar-refractivity contribution in [1.82, 2.24) is 4.98 Å². The number of rotatable bonds is 2. The molecule has 1 N–H and O–H groups in total. The average Bonchev–Trinajstić information content (AvgIpc) is 2.47. The number of pyridine rings is 1. The Morgan fingerprint density at radius 1 is 1.00 bits per heavy atom. The minimum Gasteiger partial charge on any atom is -0.308 e. The number of benzene rings is 2. The number of halogens is 1. The van der Waals surface area contributed by atoms with E-state index in [1.54, 1.807) is 0 Å². The van der Waals surface area contributed by atoms with Gasteiger partial charge in [-0.05, 0) is 12.1 Å². The van der Waals surface area contributed by atoms with E-state index in [0.29, 0.717) is 5.02 Å². The lowest BCUT2D eigenvalue weighted by molar-refractivity contribution is 1.38. The summed E-state index contributed by atoms with van der Waals surface area (Å²) in [6.45, 7) is 0. The van der Waals surface area contributed by atoms with E-state index in [1.165, 1.54) is 6.21 Å². The molecule has 2 nitrogen and oxygen atoms in total. The lowest BCUT2D eigenvalue weighted by Crippen LogP contribution is -1.93. The Kier molecular flexibility index (Phi) is 3.02. The van der Waals surface area contributed by atoms with Crippen LogP contribution < -0.4 is 0 Å². The van der Waals surface area contributed by atoms with E-state index in [-0.39, 0.29) is 0 Å². The van der Waals surface area contributed by atoms with Crippen LogP contribution >= 0.6 is 11.6 Å². The van der Waals surface area contributed by atoms with Crippen LogP contribution in [0, 0.1) is 5.41 Å². The first-order valence-corrected chi connectivity index (χ1v) is 6.32. The number of fused-ring (bicyclic) bond motifs is 1. The summed E-state index contributed by atoms with van der Waals surface area (Å²) in [7, 11) is 0. The molecule has 0 spiro atoms. The zero-order valence-electron chi connectivity index (χ0n) is 10.1. The molecule has 0 amide bonds. The number of nitrogens with zero attached hydrogens (tertiary/aromatic N) is 1. The van der Waals surface area contributed by atoms with Crippen molar-refractivity contribution in [3.63, 3.8) is 0 Å². The fourth-order valence-electron chi connectivity index (χ4n) is 2.12. The van der Waals surface area contributed by atoms with E-state index >= 15 is 0 Å². The minimum atomic E-state index is 0.631. The molecule has 0 aliphatic heterocycles. The van der Waals surface area contributed by atoms with Gasteiger partial charge in [-0.25, -0.2) is 4.98 Å². The van der Waals surface area contributed by atoms with Crippen molar-refractivity contribution in [2.75, 3.05) is 0 Å². The van der Waals surface area contributed by atoms with Gasteiger partial charge in [0.25, 0.3) is 0 Å². The van der Waals surface area contributed by atoms with Gasteiger partial charge in [-0.15, -0.1) is 0 Å². The molecular formula is C16H11ClN2. The van der Waals surface area contributed by atoms with Gasteiger partial charge in [0.05, 0.1) is 16.2 Å². The van der Waals surface area contributed by atoms with Crippen molar-refractivity contribution in [3.8, 4) is 11.3 Å². The van der Waals surface area contributed by atoms with Gasteiger partial charge >= 0.3 is 0 Å². The molecule has 0 saturated carbocycles. The van der Waals surface area contributed by atoms with Crippen LogP contribution in [0.3, 0.4) is 0 Å². The van der Waals surface area contributed by atoms with Gasteiger partial charge in [0, 0.05) is 22.7 Å². The molecule has 0 aliphatic carbocycles. The van der Waals surface area contributed by atoms with Crippen LogP contribution in [-0.4, -0.2) is 11.2 Å². The summed E-state index contributed by atoms with van der Waals surface area (Å²) in [4.78, 5) is 4.63. The van der Waals surface area contributed by atoms with E-state index in [2.05, 4.69) is 4.98 Å². The van der Waals surface area contributed by atoms with Crippen molar-refractivity contribution in [1.29, 1.82) is 5.41 Å². The fourth-order valence-corrected chi connectivity index (χ4v) is 2.34. The lowest BCUT2D eigenvalue weighted by atomic mass is 10.0. The summed E-state index contributed by atoms with van der Waals surface area (Å²) >= 11 is 6.19. The molecule has 3 heteroatoms. The summed E-state index contributed by atoms with van der Waals surface area (Å²) in [5, 5.41) is 9.15. The predicted molar refractivity (Wildman–Crippen MR) is 80.1 cm³/mol. The number of hydrogen-bond donors (Lipinski definition) is 1. The molecule has 19 heavy (non-hydrogen) atoms. The zero-order chi connectivity index (χ0) is 13.2. The van der Waals surface area contributed by atoms with Crippen LogP contribution in [0.5, 0.6) is 0 Å². The highest BCUT2D eigenvalue weighted by molar-refractivity contribution is 6.35. The molecule has 0 saturated heterocycles. The van der Waals surface area contributed by atoms with Crippen LogP contribution in [0.2, 0.25) is 5.02 Å². The molecule has 1 heterocycles. The average molecular weight is 267 g/mol. The van der Waals surface area contributed by atoms with Gasteiger partial charge in [-0.1, -0.05) is 54.1 Å². The van der Waals surface area contributed by atoms with Crippen LogP contribution in [-0.2, 0) is 0 Å². The second-order valence-electron chi connectivity index (χ2n) is 4.25. The maximum atomic E-state index is 7.56. The Labute approximate surface area is 116 Å². The van der Waals surface area contributed by atoms with Crippen molar-refractivity contribution < 1.29 is 0 Å². The topological polar surface area (TPSA) is 36.7 Å². The van der Waals surface area contributed by atoms with Gasteiger partial charge in [0.15, 0.2) is 0 Å². The highest BCUT2D eigenvalue weighted by Crippen LogP contribution is 2.28. The third-order valence-corrected chi connectivity index (χ3v) is 3.33. The molecule has 0 fully saturated rings. The second-order valence-corrected chi connectivity index (χ2v) is 4.66. The van der Waals surface area contributed by atoms with Gasteiger partial charge in [0.2, 0.25) is 0 Å². The first kappa shape index (κ1) is 11.9. The summed E-state index contributed by atoms with van der Waals surface area (Å²) in [6, 6.07) is 17.5. The van der Waals surface area contributed by atoms with Crippen molar-refractivity contribution in [2.24, 2.45) is 0 Å². The Morgan fingerprint density at radius 2 is 1.79 bits per heavy atom. The van der Waals surface area contributed by atoms with Crippen molar-refractivity contribution in [2.45, 2.75) is 0 Å². The number of nitrogens with one attached hydrogen (secondary N) is 1. The van der Waals surface area contributed by atoms with Crippen LogP contribution in [0.25, 0.3) is 22.2 Å². The molecule has 0 radical (unpaired) electrons. The molecule has 1 aromatic heterocycles. The maximum Gasteiger partial charge on any atom is 0.0896 e. The lowest BCUT2D eigenvalue weighted by Gasteiger charge is -2.08. The summed E-state index contributed by atoms with van der Waals surface area (Å²) in [5.74, 6) is 0. The number of aromatic nitrogens is 1. The molecule has 2 aromatic carbocycles. The molecule has 3 rings (SSSR count). The van der Waals surface area contributed by atoms with Crippen LogP contribution in [0.15, 0.2) is 54.6 Å². The van der Waals surface area contributed by atoms with Gasteiger partial charge < -0.3 is 5.41 Å². The van der Waals surface area contributed by atoms with Gasteiger partial charge in [0.1, 0.15) is 0 Å². The number of hydrogen-bond acceptors (Lipinski definition) is 2. The van der Waals surface area contributed by atoms with Gasteiger partial charge in [-0.2, -0.15) is 0 Å². The normalized spacial score (nSPS) is 10.6. The van der Waals surface area contributed by atoms with Crippen LogP contribution in [0.1, 0.15) is 5.56 Å². The highest BCUT2D eigenvalue weighted by Gasteiger charge is 2.09. The highest BCUT2D eigenvalue weighted by atomic mass is 35.5. The molecule has 0 atom stereocenters. The zero-order valence-corrected chi connectivity index (χ0v) is 10.9. The molecule has 92 valence electrons. The molecule has 0 aliphatic rings. The molecular weight excluding hydrogens is 256 g/mol. The standard InChI is InChI=1S/C16H11ClN2/c17-14-8-4-7-12-9-13(10-18)15(19-16(12)14)11-5-2-1-3-6-11/h1-10,18H. The van der Waals surface area contributed by atoms with Gasteiger partial charge in [-0.3, -0.25) is 0 Å². The maximum absolute atomic E-state index is 7.56. The summed E-state index contributed by atoms with van der Waals surface area (Å²) in [6.07, 6.45) is 1.33. The molecule has 0 bridgehead atoms. The summed E-state index contributed by atoms with van der Waals surface area (Å²) < 4.78 is 0. The van der Waals surface area contributed by atoms with E-state index in [4.69, 9.17) is 17.0 Å². The van der Waals surface area contributed by atoms with E-state index in [0.717, 1.165) is 27.7 Å². The third kappa shape index (κ3) is 2.11. The fraction of sp³-hybridized carbons (Fsp3) is 0. The monoisotopic (exact) mass is 266 g/mol. The largest absolute Gasteiger partial charge is 0.308 e. The third-order valence-electron chi connectivity index (χ3n) is 3.03. The van der Waals surface area contributed by atoms with Crippen LogP contribution in [0.4, 0.5) is 0 Å². The summed E-state index contributed by atoms with van der Waals surface area (Å²) in [5.41, 5.74) is 3.34. The first-order chi connectivity index (χ1) is 9.29. The Bertz CT molecular complexity index is 751. The van der Waals surface area contributed by atoms with E-state index < -0.39 is 0 Å². The quantitative estimate of drug-likeness (QED) is 0.679. The Morgan fingerprint density at radius 3 is 2.53 bits per heavy atom. The van der Waals surface area contributed by atoms with E-state index in [9.17, 15) is 0 Å². The Hall–Kier alpha value is -2.19. The second kappa shape index (κ2) is 4.82. The smallest absolute Gasteiger partial charge is 0.0896 e. The molecule has 0 unspecified atom stereocenters. The van der Waals surface area contributed by atoms with E-state index in [1.807, 2.05) is 54.6 Å². The minimum absolute atomic E-state index is 0.631. The predicted octanol–water partition coefficient (Wildman–Crippen LogP) is 4.55. The SMILES string of the molecule is N=Cc1cc2cccc(Cl)c2nc1-c1ccccc1. The Balaban J connectivity index is 2.35. The number of para-hydroxylation sites is 1. The molecule has 3 aromatic rings. The van der Waals surface area contributed by atoms with Crippen molar-refractivity contribution >= 4 is 28.7 Å².